The van der Waals surface area contributed by atoms with E-state index in [1.54, 1.807) is 0 Å². The highest BCUT2D eigenvalue weighted by atomic mass is 16.5. The molecule has 1 aromatic rings. The summed E-state index contributed by atoms with van der Waals surface area (Å²) in [6.07, 6.45) is 2.32. The number of ether oxygens (including phenoxy) is 2. The standard InChI is InChI=1S/C16H24N2O2/c1-17-8-10-18(11-9-17)14-2-4-15(5-3-14)20-16-6-12-19-13-7-16/h2-5,16H,6-13H2,1H3. The molecule has 2 aliphatic rings. The van der Waals surface area contributed by atoms with Gasteiger partial charge in [-0.05, 0) is 31.3 Å². The smallest absolute Gasteiger partial charge is 0.119 e. The fraction of sp³-hybridized carbons (Fsp3) is 0.625. The molecule has 0 aliphatic carbocycles. The van der Waals surface area contributed by atoms with E-state index in [2.05, 4.69) is 41.1 Å². The molecule has 110 valence electrons. The summed E-state index contributed by atoms with van der Waals surface area (Å²) >= 11 is 0. The van der Waals surface area contributed by atoms with Gasteiger partial charge >= 0.3 is 0 Å². The van der Waals surface area contributed by atoms with E-state index in [1.165, 1.54) is 5.69 Å². The van der Waals surface area contributed by atoms with E-state index in [-0.39, 0.29) is 0 Å². The third kappa shape index (κ3) is 3.44. The Morgan fingerprint density at radius 2 is 1.65 bits per heavy atom. The van der Waals surface area contributed by atoms with Crippen molar-refractivity contribution in [2.45, 2.75) is 18.9 Å². The van der Waals surface area contributed by atoms with Crippen molar-refractivity contribution in [3.63, 3.8) is 0 Å². The minimum absolute atomic E-state index is 0.318. The highest BCUT2D eigenvalue weighted by Crippen LogP contribution is 2.23. The van der Waals surface area contributed by atoms with Gasteiger partial charge in [-0.3, -0.25) is 0 Å². The molecule has 2 aliphatic heterocycles. The Morgan fingerprint density at radius 3 is 2.30 bits per heavy atom. The van der Waals surface area contributed by atoms with Gasteiger partial charge < -0.3 is 19.3 Å². The zero-order chi connectivity index (χ0) is 13.8. The lowest BCUT2D eigenvalue weighted by Gasteiger charge is -2.34. The van der Waals surface area contributed by atoms with Gasteiger partial charge in [0.15, 0.2) is 0 Å². The predicted octanol–water partition coefficient (Wildman–Crippen LogP) is 2.00. The zero-order valence-corrected chi connectivity index (χ0v) is 12.3. The monoisotopic (exact) mass is 276 g/mol. The van der Waals surface area contributed by atoms with E-state index < -0.39 is 0 Å². The molecule has 4 heteroatoms. The number of hydrogen-bond acceptors (Lipinski definition) is 4. The molecule has 0 unspecified atom stereocenters. The summed E-state index contributed by atoms with van der Waals surface area (Å²) in [6.45, 7) is 6.14. The van der Waals surface area contributed by atoms with Crippen LogP contribution >= 0.6 is 0 Å². The topological polar surface area (TPSA) is 24.9 Å². The van der Waals surface area contributed by atoms with Crippen molar-refractivity contribution in [3.05, 3.63) is 24.3 Å². The first-order valence-electron chi connectivity index (χ1n) is 7.59. The van der Waals surface area contributed by atoms with E-state index >= 15 is 0 Å². The molecule has 0 atom stereocenters. The molecule has 0 aromatic heterocycles. The second-order valence-electron chi connectivity index (χ2n) is 5.71. The van der Waals surface area contributed by atoms with Crippen LogP contribution in [-0.4, -0.2) is 57.4 Å². The first-order chi connectivity index (χ1) is 9.81. The van der Waals surface area contributed by atoms with Crippen LogP contribution in [0.1, 0.15) is 12.8 Å². The minimum Gasteiger partial charge on any atom is -0.490 e. The van der Waals surface area contributed by atoms with Gasteiger partial charge in [0.05, 0.1) is 13.2 Å². The van der Waals surface area contributed by atoms with Crippen LogP contribution in [0.3, 0.4) is 0 Å². The highest BCUT2D eigenvalue weighted by Gasteiger charge is 2.16. The van der Waals surface area contributed by atoms with E-state index in [4.69, 9.17) is 9.47 Å². The van der Waals surface area contributed by atoms with Gasteiger partial charge in [0.1, 0.15) is 11.9 Å². The number of hydrogen-bond donors (Lipinski definition) is 0. The van der Waals surface area contributed by atoms with Crippen molar-refractivity contribution in [1.82, 2.24) is 4.90 Å². The molecule has 0 radical (unpaired) electrons. The van der Waals surface area contributed by atoms with Crippen LogP contribution in [0.5, 0.6) is 5.75 Å². The maximum Gasteiger partial charge on any atom is 0.119 e. The van der Waals surface area contributed by atoms with Gasteiger partial charge in [0.2, 0.25) is 0 Å². The molecular formula is C16H24N2O2. The Morgan fingerprint density at radius 1 is 1.00 bits per heavy atom. The quantitative estimate of drug-likeness (QED) is 0.843. The number of nitrogens with zero attached hydrogens (tertiary/aromatic N) is 2. The lowest BCUT2D eigenvalue weighted by Crippen LogP contribution is -2.44. The van der Waals surface area contributed by atoms with Crippen molar-refractivity contribution in [2.24, 2.45) is 0 Å². The molecule has 3 rings (SSSR count). The molecule has 2 heterocycles. The Bertz CT molecular complexity index is 407. The second kappa shape index (κ2) is 6.46. The van der Waals surface area contributed by atoms with E-state index in [9.17, 15) is 0 Å². The molecule has 1 aromatic carbocycles. The highest BCUT2D eigenvalue weighted by molar-refractivity contribution is 5.49. The number of rotatable bonds is 3. The van der Waals surface area contributed by atoms with Gasteiger partial charge in [0, 0.05) is 44.7 Å². The Labute approximate surface area is 121 Å². The Hall–Kier alpha value is -1.26. The number of likely N-dealkylation sites (N-methyl/N-ethyl adjacent to an activating group) is 1. The molecular weight excluding hydrogens is 252 g/mol. The molecule has 2 fully saturated rings. The van der Waals surface area contributed by atoms with Crippen LogP contribution in [0, 0.1) is 0 Å². The van der Waals surface area contributed by atoms with Crippen molar-refractivity contribution in [1.29, 1.82) is 0 Å². The van der Waals surface area contributed by atoms with Gasteiger partial charge in [-0.2, -0.15) is 0 Å². The lowest BCUT2D eigenvalue weighted by molar-refractivity contribution is 0.0256. The SMILES string of the molecule is CN1CCN(c2ccc(OC3CCOCC3)cc2)CC1. The van der Waals surface area contributed by atoms with E-state index in [0.717, 1.165) is 58.0 Å². The van der Waals surface area contributed by atoms with Crippen LogP contribution in [0.4, 0.5) is 5.69 Å². The maximum absolute atomic E-state index is 6.01. The predicted molar refractivity (Wildman–Crippen MR) is 80.6 cm³/mol. The minimum atomic E-state index is 0.318. The fourth-order valence-corrected chi connectivity index (χ4v) is 2.79. The number of anilines is 1. The number of benzene rings is 1. The van der Waals surface area contributed by atoms with Crippen LogP contribution in [0.15, 0.2) is 24.3 Å². The van der Waals surface area contributed by atoms with Gasteiger partial charge in [-0.1, -0.05) is 0 Å². The van der Waals surface area contributed by atoms with Gasteiger partial charge in [0.25, 0.3) is 0 Å². The van der Waals surface area contributed by atoms with Gasteiger partial charge in [-0.15, -0.1) is 0 Å². The zero-order valence-electron chi connectivity index (χ0n) is 12.3. The maximum atomic E-state index is 6.01. The Balaban J connectivity index is 1.56. The third-order valence-corrected chi connectivity index (χ3v) is 4.18. The largest absolute Gasteiger partial charge is 0.490 e. The lowest BCUT2D eigenvalue weighted by atomic mass is 10.1. The van der Waals surface area contributed by atoms with E-state index in [0.29, 0.717) is 6.10 Å². The first kappa shape index (κ1) is 13.7. The van der Waals surface area contributed by atoms with Crippen LogP contribution in [-0.2, 0) is 4.74 Å². The molecule has 0 N–H and O–H groups in total. The third-order valence-electron chi connectivity index (χ3n) is 4.18. The summed E-state index contributed by atoms with van der Waals surface area (Å²) in [6, 6.07) is 8.56. The van der Waals surface area contributed by atoms with Crippen molar-refractivity contribution < 1.29 is 9.47 Å². The summed E-state index contributed by atoms with van der Waals surface area (Å²) < 4.78 is 11.4. The molecule has 20 heavy (non-hydrogen) atoms. The molecule has 2 saturated heterocycles. The van der Waals surface area contributed by atoms with Crippen LogP contribution in [0.2, 0.25) is 0 Å². The molecule has 0 bridgehead atoms. The molecule has 4 nitrogen and oxygen atoms in total. The van der Waals surface area contributed by atoms with Crippen molar-refractivity contribution in [2.75, 3.05) is 51.3 Å². The summed E-state index contributed by atoms with van der Waals surface area (Å²) in [5, 5.41) is 0. The normalized spacial score (nSPS) is 21.9. The van der Waals surface area contributed by atoms with E-state index in [1.807, 2.05) is 0 Å². The fourth-order valence-electron chi connectivity index (χ4n) is 2.79. The summed E-state index contributed by atoms with van der Waals surface area (Å²) in [4.78, 5) is 4.82. The van der Waals surface area contributed by atoms with Crippen molar-refractivity contribution in [3.8, 4) is 5.75 Å². The first-order valence-corrected chi connectivity index (χ1v) is 7.59. The van der Waals surface area contributed by atoms with Crippen molar-refractivity contribution >= 4 is 5.69 Å². The average molecular weight is 276 g/mol. The average Bonchev–Trinajstić information content (AvgIpc) is 2.50. The van der Waals surface area contributed by atoms with Crippen LogP contribution in [0.25, 0.3) is 0 Å². The molecule has 0 amide bonds. The molecule has 0 spiro atoms. The second-order valence-corrected chi connectivity index (χ2v) is 5.71. The summed E-state index contributed by atoms with van der Waals surface area (Å²) in [5.74, 6) is 0.981. The summed E-state index contributed by atoms with van der Waals surface area (Å²) in [5.41, 5.74) is 1.30. The number of piperazine rings is 1. The van der Waals surface area contributed by atoms with Crippen LogP contribution < -0.4 is 9.64 Å². The summed E-state index contributed by atoms with van der Waals surface area (Å²) in [7, 11) is 2.18. The Kier molecular flexibility index (Phi) is 4.43. The van der Waals surface area contributed by atoms with Gasteiger partial charge in [-0.25, -0.2) is 0 Å². The molecule has 0 saturated carbocycles.